The zero-order chi connectivity index (χ0) is 12.5. The topological polar surface area (TPSA) is 38.7 Å². The lowest BCUT2D eigenvalue weighted by Crippen LogP contribution is -2.02. The number of hydrogen-bond donors (Lipinski definition) is 1. The van der Waals surface area contributed by atoms with Crippen molar-refractivity contribution in [3.8, 4) is 11.5 Å². The summed E-state index contributed by atoms with van der Waals surface area (Å²) < 4.78 is 10.8. The smallest absolute Gasteiger partial charge is 0.128 e. The highest BCUT2D eigenvalue weighted by molar-refractivity contribution is 7.99. The van der Waals surface area contributed by atoms with Gasteiger partial charge in [0.1, 0.15) is 11.5 Å². The van der Waals surface area contributed by atoms with Crippen molar-refractivity contribution in [1.29, 1.82) is 0 Å². The van der Waals surface area contributed by atoms with Gasteiger partial charge in [-0.3, -0.25) is 0 Å². The second kappa shape index (κ2) is 8.25. The molecule has 1 aromatic rings. The summed E-state index contributed by atoms with van der Waals surface area (Å²) in [6.45, 7) is 2.81. The fraction of sp³-hybridized carbons (Fsp3) is 0.538. The summed E-state index contributed by atoms with van der Waals surface area (Å²) in [6, 6.07) is 5.47. The molecule has 0 amide bonds. The van der Waals surface area contributed by atoms with Gasteiger partial charge in [-0.2, -0.15) is 11.8 Å². The first kappa shape index (κ1) is 14.2. The van der Waals surface area contributed by atoms with Crippen molar-refractivity contribution in [3.63, 3.8) is 0 Å². The van der Waals surface area contributed by atoms with E-state index in [1.54, 1.807) is 7.11 Å². The third kappa shape index (κ3) is 4.88. The molecular weight excluding hydrogens is 236 g/mol. The third-order valence-electron chi connectivity index (χ3n) is 2.34. The Balaban J connectivity index is 2.49. The van der Waals surface area contributed by atoms with E-state index in [4.69, 9.17) is 9.47 Å². The number of rotatable bonds is 8. The molecule has 4 heteroatoms. The molecule has 0 atom stereocenters. The highest BCUT2D eigenvalue weighted by atomic mass is 32.2. The van der Waals surface area contributed by atoms with Gasteiger partial charge >= 0.3 is 0 Å². The molecule has 0 aliphatic heterocycles. The van der Waals surface area contributed by atoms with Crippen LogP contribution in [0.4, 0.5) is 0 Å². The van der Waals surface area contributed by atoms with Crippen LogP contribution in [0.5, 0.6) is 11.5 Å². The maximum atomic E-state index is 9.20. The van der Waals surface area contributed by atoms with E-state index in [1.165, 1.54) is 0 Å². The molecule has 0 saturated carbocycles. The molecule has 1 N–H and O–H groups in total. The van der Waals surface area contributed by atoms with Crippen molar-refractivity contribution in [3.05, 3.63) is 23.8 Å². The van der Waals surface area contributed by atoms with Gasteiger partial charge in [0.2, 0.25) is 0 Å². The average Bonchev–Trinajstić information content (AvgIpc) is 2.38. The highest BCUT2D eigenvalue weighted by Crippen LogP contribution is 2.25. The van der Waals surface area contributed by atoms with E-state index in [0.29, 0.717) is 12.4 Å². The first-order chi connectivity index (χ1) is 8.31. The van der Waals surface area contributed by atoms with E-state index in [1.807, 2.05) is 30.0 Å². The van der Waals surface area contributed by atoms with Crippen LogP contribution in [-0.2, 0) is 6.61 Å². The lowest BCUT2D eigenvalue weighted by Gasteiger charge is -2.11. The molecule has 3 nitrogen and oxygen atoms in total. The molecule has 0 fully saturated rings. The van der Waals surface area contributed by atoms with Crippen LogP contribution < -0.4 is 9.47 Å². The van der Waals surface area contributed by atoms with Crippen LogP contribution >= 0.6 is 11.8 Å². The maximum Gasteiger partial charge on any atom is 0.128 e. The molecular formula is C13H20O3S. The standard InChI is InChI=1S/C13H20O3S/c1-3-17-8-4-7-16-13-9-12(15-2)6-5-11(13)10-14/h5-6,9,14H,3-4,7-8,10H2,1-2H3. The number of thioether (sulfide) groups is 1. The minimum absolute atomic E-state index is 0.0109. The Bertz CT molecular complexity index is 328. The van der Waals surface area contributed by atoms with Crippen molar-refractivity contribution < 1.29 is 14.6 Å². The molecule has 0 radical (unpaired) electrons. The Labute approximate surface area is 107 Å². The summed E-state index contributed by atoms with van der Waals surface area (Å²) in [7, 11) is 1.62. The van der Waals surface area contributed by atoms with Gasteiger partial charge in [0.25, 0.3) is 0 Å². The molecule has 0 spiro atoms. The van der Waals surface area contributed by atoms with Crippen LogP contribution in [0, 0.1) is 0 Å². The van der Waals surface area contributed by atoms with Crippen molar-refractivity contribution in [1.82, 2.24) is 0 Å². The molecule has 0 bridgehead atoms. The molecule has 0 heterocycles. The van der Waals surface area contributed by atoms with E-state index >= 15 is 0 Å². The minimum Gasteiger partial charge on any atom is -0.497 e. The summed E-state index contributed by atoms with van der Waals surface area (Å²) in [5, 5.41) is 9.20. The van der Waals surface area contributed by atoms with Crippen LogP contribution in [0.25, 0.3) is 0 Å². The van der Waals surface area contributed by atoms with Crippen LogP contribution in [0.1, 0.15) is 18.9 Å². The number of aliphatic hydroxyl groups is 1. The average molecular weight is 256 g/mol. The lowest BCUT2D eigenvalue weighted by molar-refractivity contribution is 0.262. The Morgan fingerprint density at radius 3 is 2.82 bits per heavy atom. The van der Waals surface area contributed by atoms with Gasteiger partial charge in [-0.15, -0.1) is 0 Å². The predicted molar refractivity (Wildman–Crippen MR) is 72.0 cm³/mol. The Morgan fingerprint density at radius 1 is 1.35 bits per heavy atom. The summed E-state index contributed by atoms with van der Waals surface area (Å²) in [6.07, 6.45) is 1.01. The second-order valence-corrected chi connectivity index (χ2v) is 4.92. The molecule has 0 aliphatic rings. The van der Waals surface area contributed by atoms with Crippen LogP contribution in [0.3, 0.4) is 0 Å². The molecule has 17 heavy (non-hydrogen) atoms. The second-order valence-electron chi connectivity index (χ2n) is 3.53. The van der Waals surface area contributed by atoms with Gasteiger partial charge in [-0.05, 0) is 30.1 Å². The fourth-order valence-corrected chi connectivity index (χ4v) is 2.02. The van der Waals surface area contributed by atoms with Gasteiger partial charge in [-0.25, -0.2) is 0 Å². The molecule has 1 aromatic carbocycles. The zero-order valence-electron chi connectivity index (χ0n) is 10.4. The van der Waals surface area contributed by atoms with Crippen molar-refractivity contribution in [2.75, 3.05) is 25.2 Å². The minimum atomic E-state index is -0.0109. The summed E-state index contributed by atoms with van der Waals surface area (Å²) in [5.41, 5.74) is 0.800. The largest absolute Gasteiger partial charge is 0.497 e. The van der Waals surface area contributed by atoms with E-state index in [2.05, 4.69) is 6.92 Å². The fourth-order valence-electron chi connectivity index (χ4n) is 1.41. The summed E-state index contributed by atoms with van der Waals surface area (Å²) >= 11 is 1.91. The zero-order valence-corrected chi connectivity index (χ0v) is 11.3. The number of hydrogen-bond acceptors (Lipinski definition) is 4. The van der Waals surface area contributed by atoms with Crippen molar-refractivity contribution >= 4 is 11.8 Å². The quantitative estimate of drug-likeness (QED) is 0.726. The van der Waals surface area contributed by atoms with Gasteiger partial charge in [0.05, 0.1) is 20.3 Å². The van der Waals surface area contributed by atoms with E-state index in [-0.39, 0.29) is 6.61 Å². The van der Waals surface area contributed by atoms with E-state index < -0.39 is 0 Å². The monoisotopic (exact) mass is 256 g/mol. The van der Waals surface area contributed by atoms with E-state index in [9.17, 15) is 5.11 Å². The molecule has 96 valence electrons. The highest BCUT2D eigenvalue weighted by Gasteiger charge is 2.04. The maximum absolute atomic E-state index is 9.20. The van der Waals surface area contributed by atoms with Crippen molar-refractivity contribution in [2.24, 2.45) is 0 Å². The summed E-state index contributed by atoms with van der Waals surface area (Å²) in [4.78, 5) is 0. The Morgan fingerprint density at radius 2 is 2.18 bits per heavy atom. The molecule has 0 unspecified atom stereocenters. The third-order valence-corrected chi connectivity index (χ3v) is 3.32. The van der Waals surface area contributed by atoms with Gasteiger partial charge in [0, 0.05) is 11.6 Å². The Hall–Kier alpha value is -0.870. The Kier molecular flexibility index (Phi) is 6.89. The first-order valence-electron chi connectivity index (χ1n) is 5.80. The van der Waals surface area contributed by atoms with Crippen molar-refractivity contribution in [2.45, 2.75) is 20.0 Å². The lowest BCUT2D eigenvalue weighted by atomic mass is 10.2. The normalized spacial score (nSPS) is 10.3. The van der Waals surface area contributed by atoms with Gasteiger partial charge in [0.15, 0.2) is 0 Å². The number of aliphatic hydroxyl groups excluding tert-OH is 1. The molecule has 0 saturated heterocycles. The molecule has 1 rings (SSSR count). The van der Waals surface area contributed by atoms with Crippen LogP contribution in [0.2, 0.25) is 0 Å². The van der Waals surface area contributed by atoms with Crippen LogP contribution in [-0.4, -0.2) is 30.3 Å². The SMILES string of the molecule is CCSCCCOc1cc(OC)ccc1CO. The molecule has 0 aliphatic carbocycles. The van der Waals surface area contributed by atoms with E-state index in [0.717, 1.165) is 29.2 Å². The van der Waals surface area contributed by atoms with Gasteiger partial charge in [-0.1, -0.05) is 6.92 Å². The number of ether oxygens (including phenoxy) is 2. The summed E-state index contributed by atoms with van der Waals surface area (Å²) in [5.74, 6) is 3.71. The predicted octanol–water partition coefficient (Wildman–Crippen LogP) is 2.71. The number of methoxy groups -OCH3 is 1. The van der Waals surface area contributed by atoms with Gasteiger partial charge < -0.3 is 14.6 Å². The van der Waals surface area contributed by atoms with Crippen LogP contribution in [0.15, 0.2) is 18.2 Å². The molecule has 0 aromatic heterocycles. The first-order valence-corrected chi connectivity index (χ1v) is 6.95. The number of benzene rings is 1.